The van der Waals surface area contributed by atoms with E-state index in [9.17, 15) is 14.3 Å². The third-order valence-corrected chi connectivity index (χ3v) is 2.82. The van der Waals surface area contributed by atoms with Gasteiger partial charge in [-0.2, -0.15) is 0 Å². The number of hydrogen-bond donors (Lipinski definition) is 1. The summed E-state index contributed by atoms with van der Waals surface area (Å²) in [5.74, 6) is -1.03. The van der Waals surface area contributed by atoms with E-state index < -0.39 is 11.6 Å². The fourth-order valence-corrected chi connectivity index (χ4v) is 1.79. The number of benzene rings is 1. The van der Waals surface area contributed by atoms with Crippen LogP contribution in [-0.2, 0) is 9.53 Å². The molecule has 0 unspecified atom stereocenters. The summed E-state index contributed by atoms with van der Waals surface area (Å²) in [6, 6.07) is 5.33. The van der Waals surface area contributed by atoms with Crippen LogP contribution < -0.4 is 4.74 Å². The molecule has 1 aromatic carbocycles. The van der Waals surface area contributed by atoms with Crippen molar-refractivity contribution in [2.24, 2.45) is 0 Å². The molecule has 0 aliphatic carbocycles. The third-order valence-electron chi connectivity index (χ3n) is 2.82. The Labute approximate surface area is 98.0 Å². The number of carboxylic acids is 1. The van der Waals surface area contributed by atoms with Crippen LogP contribution in [0.5, 0.6) is 5.75 Å². The van der Waals surface area contributed by atoms with Crippen LogP contribution in [0.25, 0.3) is 0 Å². The van der Waals surface area contributed by atoms with Crippen molar-refractivity contribution in [2.45, 2.75) is 18.4 Å². The fourth-order valence-electron chi connectivity index (χ4n) is 1.79. The minimum Gasteiger partial charge on any atom is -0.478 e. The van der Waals surface area contributed by atoms with E-state index in [0.717, 1.165) is 0 Å². The van der Waals surface area contributed by atoms with Gasteiger partial charge in [-0.3, -0.25) is 0 Å². The maximum absolute atomic E-state index is 12.7. The minimum atomic E-state index is -1.25. The molecule has 0 radical (unpaired) electrons. The van der Waals surface area contributed by atoms with Gasteiger partial charge in [-0.25, -0.2) is 9.18 Å². The van der Waals surface area contributed by atoms with E-state index in [1.807, 2.05) is 0 Å². The summed E-state index contributed by atoms with van der Waals surface area (Å²) in [7, 11) is 0. The number of hydrogen-bond acceptors (Lipinski definition) is 3. The molecule has 2 rings (SSSR count). The van der Waals surface area contributed by atoms with Crippen molar-refractivity contribution < 1.29 is 23.8 Å². The van der Waals surface area contributed by atoms with Gasteiger partial charge in [-0.15, -0.1) is 0 Å². The zero-order valence-electron chi connectivity index (χ0n) is 9.19. The lowest BCUT2D eigenvalue weighted by Crippen LogP contribution is -2.49. The molecule has 1 fully saturated rings. The van der Waals surface area contributed by atoms with E-state index in [1.165, 1.54) is 24.3 Å². The average molecular weight is 240 g/mol. The highest BCUT2D eigenvalue weighted by Crippen LogP contribution is 2.28. The highest BCUT2D eigenvalue weighted by molar-refractivity contribution is 5.78. The average Bonchev–Trinajstić information content (AvgIpc) is 2.33. The second-order valence-electron chi connectivity index (χ2n) is 3.97. The summed E-state index contributed by atoms with van der Waals surface area (Å²) in [6.45, 7) is 0.709. The first-order chi connectivity index (χ1) is 8.12. The number of carbonyl (C=O) groups is 1. The zero-order chi connectivity index (χ0) is 12.3. The van der Waals surface area contributed by atoms with Crippen molar-refractivity contribution in [1.29, 1.82) is 0 Å². The molecule has 0 amide bonds. The second kappa shape index (κ2) is 4.71. The maximum Gasteiger partial charge on any atom is 0.348 e. The molecular weight excluding hydrogens is 227 g/mol. The van der Waals surface area contributed by atoms with Crippen molar-refractivity contribution in [1.82, 2.24) is 0 Å². The first kappa shape index (κ1) is 11.9. The Balaban J connectivity index is 2.17. The molecule has 1 heterocycles. The van der Waals surface area contributed by atoms with Crippen LogP contribution >= 0.6 is 0 Å². The van der Waals surface area contributed by atoms with E-state index in [4.69, 9.17) is 9.47 Å². The summed E-state index contributed by atoms with van der Waals surface area (Å²) < 4.78 is 23.4. The molecule has 0 atom stereocenters. The molecule has 92 valence electrons. The van der Waals surface area contributed by atoms with Crippen molar-refractivity contribution >= 4 is 5.97 Å². The van der Waals surface area contributed by atoms with E-state index in [1.54, 1.807) is 0 Å². The van der Waals surface area contributed by atoms with Crippen LogP contribution in [0.4, 0.5) is 4.39 Å². The number of carboxylic acid groups (broad SMARTS) is 1. The summed E-state index contributed by atoms with van der Waals surface area (Å²) in [5.41, 5.74) is -1.25. The summed E-state index contributed by atoms with van der Waals surface area (Å²) in [5, 5.41) is 9.25. The lowest BCUT2D eigenvalue weighted by atomic mass is 9.94. The molecule has 5 heteroatoms. The number of halogens is 1. The number of ether oxygens (including phenoxy) is 2. The molecule has 4 nitrogen and oxygen atoms in total. The zero-order valence-corrected chi connectivity index (χ0v) is 9.19. The van der Waals surface area contributed by atoms with Crippen LogP contribution in [0.1, 0.15) is 12.8 Å². The van der Waals surface area contributed by atoms with Gasteiger partial charge in [0, 0.05) is 12.8 Å². The molecule has 0 bridgehead atoms. The van der Waals surface area contributed by atoms with Gasteiger partial charge >= 0.3 is 5.97 Å². The SMILES string of the molecule is O=C(O)C1(Oc2ccc(F)cc2)CCOCC1. The molecule has 0 aromatic heterocycles. The van der Waals surface area contributed by atoms with Crippen molar-refractivity contribution in [2.75, 3.05) is 13.2 Å². The van der Waals surface area contributed by atoms with E-state index >= 15 is 0 Å². The molecule has 0 saturated carbocycles. The van der Waals surface area contributed by atoms with Crippen LogP contribution in [-0.4, -0.2) is 29.9 Å². The van der Waals surface area contributed by atoms with E-state index in [0.29, 0.717) is 31.8 Å². The van der Waals surface area contributed by atoms with E-state index in [2.05, 4.69) is 0 Å². The Morgan fingerprint density at radius 2 is 1.88 bits per heavy atom. The topological polar surface area (TPSA) is 55.8 Å². The monoisotopic (exact) mass is 240 g/mol. The van der Waals surface area contributed by atoms with Crippen molar-refractivity contribution in [3.8, 4) is 5.75 Å². The van der Waals surface area contributed by atoms with Crippen LogP contribution in [0.2, 0.25) is 0 Å². The Hall–Kier alpha value is -1.62. The highest BCUT2D eigenvalue weighted by atomic mass is 19.1. The molecule has 1 saturated heterocycles. The van der Waals surface area contributed by atoms with Gasteiger partial charge in [0.2, 0.25) is 5.60 Å². The summed E-state index contributed by atoms with van der Waals surface area (Å²) >= 11 is 0. The smallest absolute Gasteiger partial charge is 0.348 e. The molecule has 17 heavy (non-hydrogen) atoms. The van der Waals surface area contributed by atoms with Crippen molar-refractivity contribution in [3.63, 3.8) is 0 Å². The van der Waals surface area contributed by atoms with Gasteiger partial charge < -0.3 is 14.6 Å². The van der Waals surface area contributed by atoms with Gasteiger partial charge in [0.25, 0.3) is 0 Å². The fraction of sp³-hybridized carbons (Fsp3) is 0.417. The van der Waals surface area contributed by atoms with E-state index in [-0.39, 0.29) is 5.82 Å². The predicted molar refractivity (Wildman–Crippen MR) is 57.4 cm³/mol. The second-order valence-corrected chi connectivity index (χ2v) is 3.97. The van der Waals surface area contributed by atoms with Crippen LogP contribution in [0, 0.1) is 5.82 Å². The number of aliphatic carboxylic acids is 1. The molecular formula is C12H13FO4. The quantitative estimate of drug-likeness (QED) is 0.875. The van der Waals surface area contributed by atoms with Gasteiger partial charge in [-0.1, -0.05) is 0 Å². The number of rotatable bonds is 3. The lowest BCUT2D eigenvalue weighted by molar-refractivity contribution is -0.163. The standard InChI is InChI=1S/C12H13FO4/c13-9-1-3-10(4-2-9)17-12(11(14)15)5-7-16-8-6-12/h1-4H,5-8H2,(H,14,15). The van der Waals surface area contributed by atoms with Gasteiger partial charge in [-0.05, 0) is 24.3 Å². The predicted octanol–water partition coefficient (Wildman–Crippen LogP) is 1.84. The Morgan fingerprint density at radius 1 is 1.29 bits per heavy atom. The first-order valence-corrected chi connectivity index (χ1v) is 5.38. The van der Waals surface area contributed by atoms with Gasteiger partial charge in [0.15, 0.2) is 0 Å². The van der Waals surface area contributed by atoms with Gasteiger partial charge in [0.05, 0.1) is 13.2 Å². The van der Waals surface area contributed by atoms with Gasteiger partial charge in [0.1, 0.15) is 11.6 Å². The van der Waals surface area contributed by atoms with Crippen LogP contribution in [0.3, 0.4) is 0 Å². The van der Waals surface area contributed by atoms with Crippen LogP contribution in [0.15, 0.2) is 24.3 Å². The Bertz CT molecular complexity index is 395. The molecule has 0 spiro atoms. The minimum absolute atomic E-state index is 0.291. The van der Waals surface area contributed by atoms with Crippen molar-refractivity contribution in [3.05, 3.63) is 30.1 Å². The lowest BCUT2D eigenvalue weighted by Gasteiger charge is -2.33. The molecule has 1 N–H and O–H groups in total. The summed E-state index contributed by atoms with van der Waals surface area (Å²) in [4.78, 5) is 11.3. The normalized spacial score (nSPS) is 18.6. The maximum atomic E-state index is 12.7. The largest absolute Gasteiger partial charge is 0.478 e. The highest BCUT2D eigenvalue weighted by Gasteiger charge is 2.42. The molecule has 1 aliphatic heterocycles. The molecule has 1 aromatic rings. The first-order valence-electron chi connectivity index (χ1n) is 5.38. The molecule has 1 aliphatic rings. The summed E-state index contributed by atoms with van der Waals surface area (Å²) in [6.07, 6.45) is 0.583. The Morgan fingerprint density at radius 3 is 2.41 bits per heavy atom. The third kappa shape index (κ3) is 2.55. The Kier molecular flexibility index (Phi) is 3.28.